The van der Waals surface area contributed by atoms with Crippen molar-refractivity contribution in [2.45, 2.75) is 84.3 Å². The maximum Gasteiger partial charge on any atom is 0.156 e. The quantitative estimate of drug-likeness (QED) is 0.748. The van der Waals surface area contributed by atoms with E-state index in [2.05, 4.69) is 24.9 Å². The van der Waals surface area contributed by atoms with E-state index in [4.69, 9.17) is 0 Å². The van der Waals surface area contributed by atoms with Gasteiger partial charge in [0.2, 0.25) is 0 Å². The summed E-state index contributed by atoms with van der Waals surface area (Å²) in [5, 5.41) is 10.7. The Morgan fingerprint density at radius 2 is 2.03 bits per heavy atom. The lowest BCUT2D eigenvalue weighted by molar-refractivity contribution is -0.127. The summed E-state index contributed by atoms with van der Waals surface area (Å²) in [7, 11) is 0. The number of fused-ring (bicyclic) bond motifs is 5. The van der Waals surface area contributed by atoms with Crippen LogP contribution in [0.15, 0.2) is 30.4 Å². The topological polar surface area (TPSA) is 55.1 Å². The number of hydrogen-bond donors (Lipinski definition) is 1. The highest BCUT2D eigenvalue weighted by Gasteiger charge is 2.58. The normalized spacial score (nSPS) is 46.4. The smallest absolute Gasteiger partial charge is 0.156 e. The van der Waals surface area contributed by atoms with Crippen LogP contribution >= 0.6 is 0 Å². The number of rotatable bonds is 3. The molecule has 1 aromatic rings. The summed E-state index contributed by atoms with van der Waals surface area (Å²) in [5.74, 6) is 2.45. The Balaban J connectivity index is 1.40. The lowest BCUT2D eigenvalue weighted by atomic mass is 9.47. The number of Topliss-reactive ketones (excluding diaryl/α,β-unsaturated/α-hetero) is 1. The van der Waals surface area contributed by atoms with Crippen LogP contribution in [0.25, 0.3) is 0 Å². The summed E-state index contributed by atoms with van der Waals surface area (Å²) < 4.78 is 1.92. The van der Waals surface area contributed by atoms with Gasteiger partial charge in [0.25, 0.3) is 0 Å². The molecule has 4 heteroatoms. The van der Waals surface area contributed by atoms with Crippen molar-refractivity contribution in [1.29, 1.82) is 0 Å². The SMILES string of the molecule is C[C@@]1(O)CC[C@]2(C)C3=CC[C@]4(C)[C@@H](C(=O)Cn5ccnc5)CC[C@H]4[C@@H]3CC[C@@H]2C1. The molecule has 3 fully saturated rings. The average molecular weight is 397 g/mol. The van der Waals surface area contributed by atoms with Crippen LogP contribution in [0.1, 0.15) is 72.1 Å². The lowest BCUT2D eigenvalue weighted by Crippen LogP contribution is -2.51. The van der Waals surface area contributed by atoms with E-state index in [9.17, 15) is 9.90 Å². The minimum absolute atomic E-state index is 0.106. The van der Waals surface area contributed by atoms with Crippen molar-refractivity contribution in [1.82, 2.24) is 9.55 Å². The van der Waals surface area contributed by atoms with Crippen LogP contribution in [-0.2, 0) is 11.3 Å². The standard InChI is InChI=1S/C25H36N2O2/c1-23(29)10-11-24(2)17(14-23)4-5-18-19-6-7-21(25(19,3)9-8-20(18)24)22(28)15-27-13-12-26-16-27/h8,12-13,16-19,21,29H,4-7,9-11,14-15H2,1-3H3/t17-,18+,19+,21-,23-,24+,25+/m1/s1. The number of ketones is 1. The molecule has 1 aromatic heterocycles. The van der Waals surface area contributed by atoms with Gasteiger partial charge in [-0.25, -0.2) is 4.98 Å². The number of carbonyl (C=O) groups excluding carboxylic acids is 1. The van der Waals surface area contributed by atoms with Crippen LogP contribution in [0.4, 0.5) is 0 Å². The van der Waals surface area contributed by atoms with Gasteiger partial charge in [0.15, 0.2) is 5.78 Å². The molecule has 0 saturated heterocycles. The predicted molar refractivity (Wildman–Crippen MR) is 113 cm³/mol. The van der Waals surface area contributed by atoms with E-state index >= 15 is 0 Å². The van der Waals surface area contributed by atoms with Gasteiger partial charge in [0, 0.05) is 18.3 Å². The molecule has 0 aliphatic heterocycles. The van der Waals surface area contributed by atoms with Gasteiger partial charge in [-0.1, -0.05) is 25.5 Å². The second kappa shape index (κ2) is 6.54. The fourth-order valence-corrected chi connectivity index (χ4v) is 7.90. The molecule has 4 aliphatic carbocycles. The molecule has 0 bridgehead atoms. The van der Waals surface area contributed by atoms with Gasteiger partial charge in [-0.3, -0.25) is 4.79 Å². The molecular weight excluding hydrogens is 360 g/mol. The zero-order valence-corrected chi connectivity index (χ0v) is 18.2. The van der Waals surface area contributed by atoms with Gasteiger partial charge in [-0.2, -0.15) is 0 Å². The third-order valence-electron chi connectivity index (χ3n) is 9.60. The fourth-order valence-electron chi connectivity index (χ4n) is 7.90. The second-order valence-electron chi connectivity index (χ2n) is 11.3. The molecule has 0 spiro atoms. The predicted octanol–water partition coefficient (Wildman–Crippen LogP) is 4.78. The number of imidazole rings is 1. The number of aromatic nitrogens is 2. The maximum absolute atomic E-state index is 13.2. The van der Waals surface area contributed by atoms with Crippen molar-refractivity contribution in [3.05, 3.63) is 30.4 Å². The fraction of sp³-hybridized carbons (Fsp3) is 0.760. The van der Waals surface area contributed by atoms with Gasteiger partial charge in [0.1, 0.15) is 0 Å². The molecule has 7 atom stereocenters. The molecule has 5 rings (SSSR count). The van der Waals surface area contributed by atoms with E-state index in [-0.39, 0.29) is 16.7 Å². The van der Waals surface area contributed by atoms with Crippen molar-refractivity contribution < 1.29 is 9.90 Å². The summed E-state index contributed by atoms with van der Waals surface area (Å²) >= 11 is 0. The molecule has 29 heavy (non-hydrogen) atoms. The first-order valence-corrected chi connectivity index (χ1v) is 11.6. The molecule has 158 valence electrons. The average Bonchev–Trinajstić information content (AvgIpc) is 3.29. The number of allylic oxidation sites excluding steroid dienone is 2. The molecule has 1 N–H and O–H groups in total. The van der Waals surface area contributed by atoms with Crippen molar-refractivity contribution in [2.24, 2.45) is 34.5 Å². The summed E-state index contributed by atoms with van der Waals surface area (Å²) in [5.41, 5.74) is 1.56. The molecule has 0 radical (unpaired) electrons. The van der Waals surface area contributed by atoms with E-state index < -0.39 is 5.60 Å². The van der Waals surface area contributed by atoms with E-state index in [0.717, 1.165) is 32.1 Å². The van der Waals surface area contributed by atoms with Gasteiger partial charge < -0.3 is 9.67 Å². The zero-order valence-electron chi connectivity index (χ0n) is 18.2. The number of aliphatic hydroxyl groups is 1. The zero-order chi connectivity index (χ0) is 20.4. The highest BCUT2D eigenvalue weighted by atomic mass is 16.3. The van der Waals surface area contributed by atoms with Crippen molar-refractivity contribution in [3.8, 4) is 0 Å². The van der Waals surface area contributed by atoms with Gasteiger partial charge in [-0.05, 0) is 86.9 Å². The van der Waals surface area contributed by atoms with Crippen molar-refractivity contribution in [2.75, 3.05) is 0 Å². The Hall–Kier alpha value is -1.42. The Bertz CT molecular complexity index is 826. The molecule has 0 unspecified atom stereocenters. The summed E-state index contributed by atoms with van der Waals surface area (Å²) in [4.78, 5) is 17.3. The van der Waals surface area contributed by atoms with Crippen LogP contribution in [-0.4, -0.2) is 26.0 Å². The minimum Gasteiger partial charge on any atom is -0.390 e. The van der Waals surface area contributed by atoms with E-state index in [1.165, 1.54) is 19.3 Å². The summed E-state index contributed by atoms with van der Waals surface area (Å²) in [6.07, 6.45) is 16.7. The Morgan fingerprint density at radius 3 is 2.79 bits per heavy atom. The van der Waals surface area contributed by atoms with Gasteiger partial charge in [-0.15, -0.1) is 0 Å². The Labute approximate surface area is 174 Å². The maximum atomic E-state index is 13.2. The van der Waals surface area contributed by atoms with Gasteiger partial charge >= 0.3 is 0 Å². The van der Waals surface area contributed by atoms with E-state index in [0.29, 0.717) is 30.1 Å². The summed E-state index contributed by atoms with van der Waals surface area (Å²) in [6.45, 7) is 7.36. The van der Waals surface area contributed by atoms with Crippen LogP contribution in [0.5, 0.6) is 0 Å². The van der Waals surface area contributed by atoms with E-state index in [1.54, 1.807) is 18.1 Å². The van der Waals surface area contributed by atoms with E-state index in [1.807, 2.05) is 17.7 Å². The Morgan fingerprint density at radius 1 is 1.21 bits per heavy atom. The first-order valence-electron chi connectivity index (χ1n) is 11.6. The first kappa shape index (κ1) is 19.5. The molecule has 3 saturated carbocycles. The second-order valence-corrected chi connectivity index (χ2v) is 11.3. The molecule has 4 aliphatic rings. The van der Waals surface area contributed by atoms with Gasteiger partial charge in [0.05, 0.1) is 18.5 Å². The van der Waals surface area contributed by atoms with Crippen molar-refractivity contribution in [3.63, 3.8) is 0 Å². The van der Waals surface area contributed by atoms with Crippen LogP contribution in [0, 0.1) is 34.5 Å². The van der Waals surface area contributed by atoms with Crippen LogP contribution in [0.2, 0.25) is 0 Å². The molecular formula is C25H36N2O2. The number of nitrogens with zero attached hydrogens (tertiary/aromatic N) is 2. The molecule has 1 heterocycles. The third-order valence-corrected chi connectivity index (χ3v) is 9.60. The Kier molecular flexibility index (Phi) is 4.40. The highest BCUT2D eigenvalue weighted by Crippen LogP contribution is 2.66. The van der Waals surface area contributed by atoms with Crippen molar-refractivity contribution >= 4 is 5.78 Å². The molecule has 0 amide bonds. The molecule has 4 nitrogen and oxygen atoms in total. The highest BCUT2D eigenvalue weighted by molar-refractivity contribution is 5.82. The monoisotopic (exact) mass is 396 g/mol. The number of carbonyl (C=O) groups is 1. The minimum atomic E-state index is -0.487. The molecule has 0 aromatic carbocycles. The van der Waals surface area contributed by atoms with Crippen LogP contribution < -0.4 is 0 Å². The number of hydrogen-bond acceptors (Lipinski definition) is 3. The largest absolute Gasteiger partial charge is 0.390 e. The first-order chi connectivity index (χ1) is 13.7. The van der Waals surface area contributed by atoms with Crippen LogP contribution in [0.3, 0.4) is 0 Å². The third kappa shape index (κ3) is 2.97. The summed E-state index contributed by atoms with van der Waals surface area (Å²) in [6, 6.07) is 0. The lowest BCUT2D eigenvalue weighted by Gasteiger charge is -2.58.